The molecule has 4 aliphatic rings. The number of carbonyl (C=O) groups is 10. The van der Waals surface area contributed by atoms with Gasteiger partial charge in [0.1, 0.15) is 29.9 Å². The van der Waals surface area contributed by atoms with Gasteiger partial charge < -0.3 is 51.2 Å². The third-order valence-electron chi connectivity index (χ3n) is 15.4. The van der Waals surface area contributed by atoms with Gasteiger partial charge in [0, 0.05) is 79.0 Å². The van der Waals surface area contributed by atoms with E-state index in [1.54, 1.807) is 12.1 Å². The number of hydrogen-bond acceptors (Lipinski definition) is 11. The maximum Gasteiger partial charge on any atom is 0.396 e. The first-order valence-corrected chi connectivity index (χ1v) is 28.8. The number of nitrogens with two attached hydrogens (primary N) is 1. The quantitative estimate of drug-likeness (QED) is 0.0254. The highest BCUT2D eigenvalue weighted by molar-refractivity contribution is 7.70. The van der Waals surface area contributed by atoms with E-state index in [-0.39, 0.29) is 98.9 Å². The van der Waals surface area contributed by atoms with Crippen LogP contribution >= 0.6 is 7.60 Å². The molecule has 426 valence electrons. The first kappa shape index (κ1) is 57.9. The Morgan fingerprint density at radius 2 is 1.54 bits per heavy atom. The number of amides is 9. The van der Waals surface area contributed by atoms with Crippen LogP contribution in [0, 0.1) is 11.8 Å². The second-order valence-electron chi connectivity index (χ2n) is 20.9. The Kier molecular flexibility index (Phi) is 17.9. The average molecular weight is 1140 g/mol. The number of benzene rings is 4. The molecule has 9 amide bonds. The molecule has 0 spiro atoms. The molecule has 0 bridgehead atoms. The summed E-state index contributed by atoms with van der Waals surface area (Å²) >= 11 is 0. The van der Waals surface area contributed by atoms with Gasteiger partial charge in [-0.3, -0.25) is 57.8 Å². The van der Waals surface area contributed by atoms with E-state index in [2.05, 4.69) is 38.1 Å². The lowest BCUT2D eigenvalue weighted by Gasteiger charge is -2.39. The molecule has 3 saturated heterocycles. The van der Waals surface area contributed by atoms with Crippen molar-refractivity contribution >= 4 is 77.2 Å². The molecule has 23 heteroatoms. The van der Waals surface area contributed by atoms with E-state index in [1.165, 1.54) is 39.0 Å². The fourth-order valence-corrected chi connectivity index (χ4v) is 11.6. The molecule has 0 saturated carbocycles. The number of primary amides is 1. The lowest BCUT2D eigenvalue weighted by molar-refractivity contribution is -0.145. The fraction of sp³-hybridized carbons (Fsp3) is 0.356. The van der Waals surface area contributed by atoms with Crippen molar-refractivity contribution in [1.82, 2.24) is 41.0 Å². The third kappa shape index (κ3) is 13.3. The van der Waals surface area contributed by atoms with E-state index in [9.17, 15) is 57.5 Å². The van der Waals surface area contributed by atoms with Crippen molar-refractivity contribution in [2.45, 2.75) is 120 Å². The summed E-state index contributed by atoms with van der Waals surface area (Å²) in [5, 5.41) is 11.2. The van der Waals surface area contributed by atoms with E-state index in [4.69, 9.17) is 5.73 Å². The van der Waals surface area contributed by atoms with Crippen molar-refractivity contribution in [2.75, 3.05) is 13.1 Å². The highest BCUT2D eigenvalue weighted by Gasteiger charge is 2.46. The Bertz CT molecular complexity index is 3420. The Labute approximate surface area is 471 Å². The largest absolute Gasteiger partial charge is 0.396 e. The number of unbranched alkanes of at least 4 members (excludes halogenated alkanes) is 3. The minimum atomic E-state index is -5.13. The third-order valence-corrected chi connectivity index (χ3v) is 16.2. The van der Waals surface area contributed by atoms with Gasteiger partial charge in [0.2, 0.25) is 41.4 Å². The van der Waals surface area contributed by atoms with E-state index < -0.39 is 84.8 Å². The monoisotopic (exact) mass is 1140 g/mol. The summed E-state index contributed by atoms with van der Waals surface area (Å²) < 4.78 is 11.7. The van der Waals surface area contributed by atoms with Crippen LogP contribution in [0.5, 0.6) is 0 Å². The second kappa shape index (κ2) is 25.4. The number of aromatic nitrogens is 1. The number of carbonyl (C=O) groups excluding carboxylic acids is 10. The number of rotatable bonds is 19. The topological polar surface area (TPSA) is 328 Å². The number of imide groups is 1. The van der Waals surface area contributed by atoms with Gasteiger partial charge in [-0.15, -0.1) is 0 Å². The van der Waals surface area contributed by atoms with Crippen LogP contribution < -0.4 is 27.0 Å². The fourth-order valence-electron chi connectivity index (χ4n) is 11.2. The second-order valence-corrected chi connectivity index (χ2v) is 22.4. The van der Waals surface area contributed by atoms with Crippen molar-refractivity contribution in [1.29, 1.82) is 0 Å². The van der Waals surface area contributed by atoms with Crippen molar-refractivity contribution in [3.63, 3.8) is 0 Å². The van der Waals surface area contributed by atoms with Gasteiger partial charge >= 0.3 is 7.60 Å². The molecule has 9 rings (SSSR count). The molecule has 22 nitrogen and oxygen atoms in total. The van der Waals surface area contributed by atoms with Gasteiger partial charge in [-0.2, -0.15) is 0 Å². The van der Waals surface area contributed by atoms with Crippen LogP contribution in [0.1, 0.15) is 137 Å². The SMILES string of the molecule is NC(=O)CC[C@H](NC(=O)[C@@H]1CC[C@@H]2CCN(C(=O)CCCCCC#Cc3cccc4c3CN([C@H]3CCC(=O)NC3=O)C4=O)C[C@H](NC(=O)c3cc4cc(C(=O)P(=O)(O)O)ccc4[nH]3)C(=O)N21)C(=O)NC(c1ccccc1)c1ccccc1. The molecule has 1 aromatic heterocycles. The number of aromatic amines is 1. The lowest BCUT2D eigenvalue weighted by atomic mass is 9.98. The van der Waals surface area contributed by atoms with Crippen molar-refractivity contribution in [3.05, 3.63) is 142 Å². The first-order chi connectivity index (χ1) is 39.3. The van der Waals surface area contributed by atoms with Gasteiger partial charge in [0.15, 0.2) is 0 Å². The number of fused-ring (bicyclic) bond motifs is 3. The van der Waals surface area contributed by atoms with E-state index >= 15 is 4.79 Å². The molecule has 4 aromatic carbocycles. The van der Waals surface area contributed by atoms with Gasteiger partial charge in [-0.25, -0.2) is 0 Å². The molecule has 4 aliphatic heterocycles. The van der Waals surface area contributed by atoms with Crippen LogP contribution in [0.25, 0.3) is 10.9 Å². The number of nitrogens with zero attached hydrogens (tertiary/aromatic N) is 3. The molecular formula is C59H62N9O13P. The van der Waals surface area contributed by atoms with Crippen LogP contribution in [0.3, 0.4) is 0 Å². The van der Waals surface area contributed by atoms with Crippen LogP contribution in [0.4, 0.5) is 0 Å². The van der Waals surface area contributed by atoms with Crippen LogP contribution in [-0.4, -0.2) is 131 Å². The maximum absolute atomic E-state index is 15.0. The zero-order chi connectivity index (χ0) is 58.2. The smallest absolute Gasteiger partial charge is 0.370 e. The molecule has 0 aliphatic carbocycles. The summed E-state index contributed by atoms with van der Waals surface area (Å²) in [6.07, 6.45) is 3.11. The molecule has 82 heavy (non-hydrogen) atoms. The molecule has 5 heterocycles. The van der Waals surface area contributed by atoms with Crippen molar-refractivity contribution < 1.29 is 62.3 Å². The maximum atomic E-state index is 15.0. The highest BCUT2D eigenvalue weighted by Crippen LogP contribution is 2.40. The number of hydrogen-bond donors (Lipinski definition) is 8. The summed E-state index contributed by atoms with van der Waals surface area (Å²) in [7, 11) is -5.13. The summed E-state index contributed by atoms with van der Waals surface area (Å²) in [5.41, 5.74) is 7.47. The normalized spacial score (nSPS) is 19.3. The van der Waals surface area contributed by atoms with E-state index in [0.29, 0.717) is 54.3 Å². The Hall–Kier alpha value is -8.77. The van der Waals surface area contributed by atoms with Crippen LogP contribution in [0.2, 0.25) is 0 Å². The van der Waals surface area contributed by atoms with Gasteiger partial charge in [-0.1, -0.05) is 85.0 Å². The van der Waals surface area contributed by atoms with Gasteiger partial charge in [-0.05, 0) is 98.0 Å². The van der Waals surface area contributed by atoms with Crippen molar-refractivity contribution in [2.24, 2.45) is 5.73 Å². The summed E-state index contributed by atoms with van der Waals surface area (Å²) in [6, 6.07) is 23.0. The zero-order valence-electron chi connectivity index (χ0n) is 44.6. The Morgan fingerprint density at radius 3 is 2.23 bits per heavy atom. The molecule has 0 radical (unpaired) electrons. The highest BCUT2D eigenvalue weighted by atomic mass is 31.2. The van der Waals surface area contributed by atoms with Crippen LogP contribution in [-0.2, 0) is 44.7 Å². The molecule has 5 atom stereocenters. The standard InChI is InChI=1S/C59H62N9O13P/c60-49(69)27-24-44(53(72)65-52(36-14-7-4-8-15-36)37-16-9-5-10-17-37)62-56(75)48-25-22-40-29-30-66(34-46(58(77)68(40)48)63-54(73)45-32-39-31-38(21-23-43(39)61-45)59(78)82(79,80)81)51(71)20-11-3-1-2-6-13-35-18-12-19-41-42(35)33-67(57(41)76)47-26-28-50(70)64-55(47)74/h4-5,7-10,12,14-19,21,23,31-32,40,44,46-48,52,61H,1-3,11,20,22,24-30,33-34H2,(H2,60,69)(H,62,75)(H,63,73)(H,65,72)(H,64,70,74)(H2,79,80,81)/t40-,44+,46+,47+,48+/m1/s1. The lowest BCUT2D eigenvalue weighted by Crippen LogP contribution is -2.62. The molecule has 5 aromatic rings. The van der Waals surface area contributed by atoms with Crippen LogP contribution in [0.15, 0.2) is 103 Å². The summed E-state index contributed by atoms with van der Waals surface area (Å²) in [4.78, 5) is 161. The summed E-state index contributed by atoms with van der Waals surface area (Å²) in [6.45, 7) is 0.0809. The Balaban J connectivity index is 0.882. The molecule has 0 unspecified atom stereocenters. The minimum absolute atomic E-state index is 0.0779. The molecule has 9 N–H and O–H groups in total. The van der Waals surface area contributed by atoms with E-state index in [1.807, 2.05) is 66.7 Å². The number of nitrogens with one attached hydrogen (secondary N) is 5. The predicted octanol–water partition coefficient (Wildman–Crippen LogP) is 3.60. The zero-order valence-corrected chi connectivity index (χ0v) is 45.5. The first-order valence-electron chi connectivity index (χ1n) is 27.2. The molecule has 3 fully saturated rings. The number of H-pyrrole nitrogens is 1. The predicted molar refractivity (Wildman–Crippen MR) is 296 cm³/mol. The van der Waals surface area contributed by atoms with Crippen molar-refractivity contribution in [3.8, 4) is 11.8 Å². The van der Waals surface area contributed by atoms with Gasteiger partial charge in [0.25, 0.3) is 17.3 Å². The van der Waals surface area contributed by atoms with Gasteiger partial charge in [0.05, 0.1) is 6.04 Å². The van der Waals surface area contributed by atoms with E-state index in [0.717, 1.165) is 11.1 Å². The Morgan fingerprint density at radius 1 is 0.805 bits per heavy atom. The molecular weight excluding hydrogens is 1070 g/mol. The average Bonchev–Trinajstić information content (AvgIpc) is 4.10. The minimum Gasteiger partial charge on any atom is -0.370 e. The summed E-state index contributed by atoms with van der Waals surface area (Å²) in [5.74, 6) is 1.47. The number of piperidine rings is 1.